The summed E-state index contributed by atoms with van der Waals surface area (Å²) in [5, 5.41) is 0. The Morgan fingerprint density at radius 1 is 0.788 bits per heavy atom. The Labute approximate surface area is 200 Å². The number of ether oxygens (including phenoxy) is 1. The summed E-state index contributed by atoms with van der Waals surface area (Å²) in [5.41, 5.74) is 6.41. The Morgan fingerprint density at radius 3 is 2.12 bits per heavy atom. The normalized spacial score (nSPS) is 12.8. The van der Waals surface area contributed by atoms with Gasteiger partial charge in [-0.15, -0.1) is 0 Å². The summed E-state index contributed by atoms with van der Waals surface area (Å²) in [6, 6.07) is 25.1. The fraction of sp³-hybridized carbons (Fsp3) is 0.387. The zero-order chi connectivity index (χ0) is 23.6. The molecule has 2 nitrogen and oxygen atoms in total. The number of hydrogen-bond donors (Lipinski definition) is 0. The maximum atomic E-state index is 12.8. The highest BCUT2D eigenvalue weighted by Gasteiger charge is 2.14. The van der Waals surface area contributed by atoms with E-state index in [4.69, 9.17) is 4.74 Å². The van der Waals surface area contributed by atoms with Crippen LogP contribution in [-0.2, 0) is 11.2 Å². The second-order valence-corrected chi connectivity index (χ2v) is 9.33. The van der Waals surface area contributed by atoms with Crippen LogP contribution in [0.15, 0.2) is 72.8 Å². The molecule has 3 aromatic carbocycles. The molecule has 0 spiro atoms. The van der Waals surface area contributed by atoms with Gasteiger partial charge in [0.2, 0.25) is 0 Å². The van der Waals surface area contributed by atoms with Gasteiger partial charge in [-0.1, -0.05) is 101 Å². The SMILES string of the molecule is CCC(C)CCCOC(=O)c1ccc(-c2ccccc2)c(-c2ccc(CC(C)CC)cc2)c1. The van der Waals surface area contributed by atoms with Crippen molar-refractivity contribution in [2.75, 3.05) is 6.61 Å². The molecular weight excluding hydrogens is 404 g/mol. The Kier molecular flexibility index (Phi) is 9.30. The van der Waals surface area contributed by atoms with Crippen LogP contribution in [0, 0.1) is 11.8 Å². The molecule has 0 saturated carbocycles. The fourth-order valence-corrected chi connectivity index (χ4v) is 4.03. The van der Waals surface area contributed by atoms with Gasteiger partial charge in [0, 0.05) is 0 Å². The highest BCUT2D eigenvalue weighted by Crippen LogP contribution is 2.33. The molecule has 0 fully saturated rings. The highest BCUT2D eigenvalue weighted by molar-refractivity contribution is 5.94. The number of esters is 1. The van der Waals surface area contributed by atoms with Crippen molar-refractivity contribution in [3.63, 3.8) is 0 Å². The first-order valence-corrected chi connectivity index (χ1v) is 12.5. The number of rotatable bonds is 11. The summed E-state index contributed by atoms with van der Waals surface area (Å²) >= 11 is 0. The molecule has 0 aromatic heterocycles. The van der Waals surface area contributed by atoms with Gasteiger partial charge in [0.15, 0.2) is 0 Å². The Balaban J connectivity index is 1.85. The molecule has 3 aromatic rings. The summed E-state index contributed by atoms with van der Waals surface area (Å²) in [6.45, 7) is 9.44. The van der Waals surface area contributed by atoms with E-state index < -0.39 is 0 Å². The van der Waals surface area contributed by atoms with Crippen LogP contribution in [-0.4, -0.2) is 12.6 Å². The molecule has 2 atom stereocenters. The lowest BCUT2D eigenvalue weighted by molar-refractivity contribution is 0.0494. The van der Waals surface area contributed by atoms with Gasteiger partial charge in [-0.2, -0.15) is 0 Å². The third kappa shape index (κ3) is 7.05. The molecular formula is C31H38O2. The molecule has 0 aliphatic rings. The molecule has 0 N–H and O–H groups in total. The monoisotopic (exact) mass is 442 g/mol. The van der Waals surface area contributed by atoms with Crippen LogP contribution in [0.25, 0.3) is 22.3 Å². The Hall–Kier alpha value is -2.87. The van der Waals surface area contributed by atoms with Crippen molar-refractivity contribution in [1.29, 1.82) is 0 Å². The van der Waals surface area contributed by atoms with Gasteiger partial charge in [-0.3, -0.25) is 0 Å². The quantitative estimate of drug-likeness (QED) is 0.219. The van der Waals surface area contributed by atoms with Gasteiger partial charge < -0.3 is 4.74 Å². The van der Waals surface area contributed by atoms with Crippen molar-refractivity contribution in [2.24, 2.45) is 11.8 Å². The lowest BCUT2D eigenvalue weighted by Gasteiger charge is -2.14. The Morgan fingerprint density at radius 2 is 1.45 bits per heavy atom. The van der Waals surface area contributed by atoms with E-state index >= 15 is 0 Å². The molecule has 33 heavy (non-hydrogen) atoms. The fourth-order valence-electron chi connectivity index (χ4n) is 4.03. The molecule has 2 heteroatoms. The second-order valence-electron chi connectivity index (χ2n) is 9.33. The average molecular weight is 443 g/mol. The molecule has 174 valence electrons. The molecule has 0 heterocycles. The topological polar surface area (TPSA) is 26.3 Å². The van der Waals surface area contributed by atoms with E-state index in [0.29, 0.717) is 24.0 Å². The van der Waals surface area contributed by atoms with E-state index in [2.05, 4.69) is 64.1 Å². The lowest BCUT2D eigenvalue weighted by Crippen LogP contribution is -2.08. The van der Waals surface area contributed by atoms with Gasteiger partial charge in [-0.25, -0.2) is 4.79 Å². The average Bonchev–Trinajstić information content (AvgIpc) is 2.86. The summed E-state index contributed by atoms with van der Waals surface area (Å²) in [5.74, 6) is 1.10. The minimum atomic E-state index is -0.242. The number of carbonyl (C=O) groups is 1. The van der Waals surface area contributed by atoms with Gasteiger partial charge in [-0.05, 0) is 71.0 Å². The van der Waals surface area contributed by atoms with Crippen LogP contribution in [0.1, 0.15) is 69.3 Å². The third-order valence-corrected chi connectivity index (χ3v) is 6.66. The van der Waals surface area contributed by atoms with Crippen LogP contribution < -0.4 is 0 Å². The third-order valence-electron chi connectivity index (χ3n) is 6.66. The van der Waals surface area contributed by atoms with Crippen molar-refractivity contribution in [1.82, 2.24) is 0 Å². The minimum absolute atomic E-state index is 0.242. The largest absolute Gasteiger partial charge is 0.462 e. The molecule has 0 aliphatic heterocycles. The van der Waals surface area contributed by atoms with Gasteiger partial charge >= 0.3 is 5.97 Å². The molecule has 2 unspecified atom stereocenters. The first-order valence-electron chi connectivity index (χ1n) is 12.5. The van der Waals surface area contributed by atoms with Crippen LogP contribution in [0.4, 0.5) is 0 Å². The zero-order valence-corrected chi connectivity index (χ0v) is 20.6. The smallest absolute Gasteiger partial charge is 0.338 e. The van der Waals surface area contributed by atoms with Crippen LogP contribution >= 0.6 is 0 Å². The zero-order valence-electron chi connectivity index (χ0n) is 20.6. The summed E-state index contributed by atoms with van der Waals surface area (Å²) in [4.78, 5) is 12.8. The first-order chi connectivity index (χ1) is 16.0. The van der Waals surface area contributed by atoms with Gasteiger partial charge in [0.05, 0.1) is 12.2 Å². The van der Waals surface area contributed by atoms with Crippen LogP contribution in [0.2, 0.25) is 0 Å². The molecule has 0 amide bonds. The van der Waals surface area contributed by atoms with Crippen molar-refractivity contribution in [2.45, 2.75) is 59.8 Å². The van der Waals surface area contributed by atoms with Crippen LogP contribution in [0.3, 0.4) is 0 Å². The number of benzene rings is 3. The maximum absolute atomic E-state index is 12.8. The Bertz CT molecular complexity index is 1000. The maximum Gasteiger partial charge on any atom is 0.338 e. The van der Waals surface area contributed by atoms with E-state index in [0.717, 1.165) is 47.9 Å². The molecule has 3 rings (SSSR count). The van der Waals surface area contributed by atoms with E-state index in [9.17, 15) is 4.79 Å². The van der Waals surface area contributed by atoms with E-state index in [1.165, 1.54) is 12.0 Å². The van der Waals surface area contributed by atoms with Crippen molar-refractivity contribution < 1.29 is 9.53 Å². The van der Waals surface area contributed by atoms with Crippen molar-refractivity contribution in [3.8, 4) is 22.3 Å². The summed E-state index contributed by atoms with van der Waals surface area (Å²) < 4.78 is 5.60. The van der Waals surface area contributed by atoms with E-state index in [-0.39, 0.29) is 5.97 Å². The number of carbonyl (C=O) groups excluding carboxylic acids is 1. The van der Waals surface area contributed by atoms with E-state index in [1.807, 2.05) is 36.4 Å². The summed E-state index contributed by atoms with van der Waals surface area (Å²) in [6.07, 6.45) is 5.43. The van der Waals surface area contributed by atoms with Gasteiger partial charge in [0.25, 0.3) is 0 Å². The molecule has 0 radical (unpaired) electrons. The standard InChI is InChI=1S/C31H38O2/c1-5-23(3)11-10-20-33-31(32)28-18-19-29(26-12-8-7-9-13-26)30(22-28)27-16-14-25(15-17-27)21-24(4)6-2/h7-9,12-19,22-24H,5-6,10-11,20-21H2,1-4H3. The van der Waals surface area contributed by atoms with Crippen LogP contribution in [0.5, 0.6) is 0 Å². The summed E-state index contributed by atoms with van der Waals surface area (Å²) in [7, 11) is 0. The molecule has 0 bridgehead atoms. The van der Waals surface area contributed by atoms with Crippen molar-refractivity contribution in [3.05, 3.63) is 83.9 Å². The predicted molar refractivity (Wildman–Crippen MR) is 139 cm³/mol. The molecule has 0 aliphatic carbocycles. The van der Waals surface area contributed by atoms with Crippen molar-refractivity contribution >= 4 is 5.97 Å². The lowest BCUT2D eigenvalue weighted by atomic mass is 9.91. The second kappa shape index (κ2) is 12.4. The molecule has 0 saturated heterocycles. The van der Waals surface area contributed by atoms with Gasteiger partial charge in [0.1, 0.15) is 0 Å². The minimum Gasteiger partial charge on any atom is -0.462 e. The number of hydrogen-bond acceptors (Lipinski definition) is 2. The highest BCUT2D eigenvalue weighted by atomic mass is 16.5. The van der Waals surface area contributed by atoms with E-state index in [1.54, 1.807) is 0 Å². The predicted octanol–water partition coefficient (Wildman–Crippen LogP) is 8.59. The first kappa shape index (κ1) is 24.8.